The van der Waals surface area contributed by atoms with E-state index in [1.807, 2.05) is 0 Å². The summed E-state index contributed by atoms with van der Waals surface area (Å²) in [7, 11) is -3.35. The lowest BCUT2D eigenvalue weighted by Gasteiger charge is -2.35. The molecule has 6 heteroatoms. The molecule has 4 nitrogen and oxygen atoms in total. The molecule has 0 saturated heterocycles. The van der Waals surface area contributed by atoms with Crippen LogP contribution in [0, 0.1) is 0 Å². The molecule has 0 aromatic heterocycles. The highest BCUT2D eigenvalue weighted by Crippen LogP contribution is 2.64. The number of carboxylic acid groups (broad SMARTS) is 2. The summed E-state index contributed by atoms with van der Waals surface area (Å²) in [5, 5.41) is 27.1. The van der Waals surface area contributed by atoms with E-state index in [0.29, 0.717) is 0 Å². The van der Waals surface area contributed by atoms with Gasteiger partial charge in [0.05, 0.1) is 23.3 Å². The van der Waals surface area contributed by atoms with Gasteiger partial charge in [0.25, 0.3) is 0 Å². The molecule has 2 aliphatic carbocycles. The minimum atomic E-state index is -2.19. The van der Waals surface area contributed by atoms with E-state index < -0.39 is 26.5 Å². The van der Waals surface area contributed by atoms with Crippen molar-refractivity contribution in [2.24, 2.45) is 0 Å². The lowest BCUT2D eigenvalue weighted by molar-refractivity contribution is -0.345. The Bertz CT molecular complexity index is 1770. The van der Waals surface area contributed by atoms with Crippen molar-refractivity contribution in [3.05, 3.63) is 182 Å². The normalized spacial score (nSPS) is 15.5. The molecule has 0 spiro atoms. The van der Waals surface area contributed by atoms with E-state index in [2.05, 4.69) is 182 Å². The van der Waals surface area contributed by atoms with E-state index in [-0.39, 0.29) is 0 Å². The van der Waals surface area contributed by atoms with Crippen LogP contribution in [0.25, 0.3) is 0 Å². The van der Waals surface area contributed by atoms with Crippen molar-refractivity contribution >= 4 is 58.3 Å². The summed E-state index contributed by atoms with van der Waals surface area (Å²) in [6.45, 7) is 0. The quantitative estimate of drug-likeness (QED) is 0.114. The fourth-order valence-electron chi connectivity index (χ4n) is 9.78. The monoisotopic (exact) mass is 834 g/mol. The molecule has 8 rings (SSSR count). The van der Waals surface area contributed by atoms with E-state index in [9.17, 15) is 0 Å². The summed E-state index contributed by atoms with van der Waals surface area (Å²) in [5.41, 5.74) is 1.48. The van der Waals surface area contributed by atoms with Gasteiger partial charge in [-0.25, -0.2) is 0 Å². The highest BCUT2D eigenvalue weighted by atomic mass is 31.2. The third-order valence-corrected chi connectivity index (χ3v) is 22.3. The molecule has 0 heterocycles. The minimum absolute atomic E-state index is 0.741. The molecule has 2 aliphatic rings. The van der Waals surface area contributed by atoms with Gasteiger partial charge in [-0.05, 0) is 124 Å². The molecule has 0 atom stereocenters. The van der Waals surface area contributed by atoms with Crippen LogP contribution in [-0.2, 0) is 9.59 Å². The van der Waals surface area contributed by atoms with Crippen LogP contribution < -0.4 is 42.0 Å². The SMILES string of the molecule is O=C([O-])C(=O)[O-].c1ccc([P+](c2ccccc2)(c2ccccc2)C2CCCCCCC2)cc1.c1ccc([P+](c2ccccc2)(c2ccccc2)C2CCCCCCC2)cc1. The molecule has 0 amide bonds. The average molecular weight is 835 g/mol. The number of hydrogen-bond acceptors (Lipinski definition) is 4. The molecular weight excluding hydrogens is 775 g/mol. The summed E-state index contributed by atoms with van der Waals surface area (Å²) in [4.78, 5) is 17.9. The first-order chi connectivity index (χ1) is 29.5. The molecule has 0 N–H and O–H groups in total. The van der Waals surface area contributed by atoms with Gasteiger partial charge >= 0.3 is 0 Å². The van der Waals surface area contributed by atoms with Crippen LogP contribution in [0.5, 0.6) is 0 Å². The lowest BCUT2D eigenvalue weighted by Crippen LogP contribution is -2.42. The van der Waals surface area contributed by atoms with Crippen molar-refractivity contribution in [3.63, 3.8) is 0 Å². The minimum Gasteiger partial charge on any atom is -0.543 e. The number of carbonyl (C=O) groups excluding carboxylic acids is 2. The van der Waals surface area contributed by atoms with Gasteiger partial charge in [-0.2, -0.15) is 0 Å². The van der Waals surface area contributed by atoms with E-state index in [1.54, 1.807) is 31.8 Å². The van der Waals surface area contributed by atoms with Crippen molar-refractivity contribution in [1.29, 1.82) is 0 Å². The number of rotatable bonds is 8. The first-order valence-corrected chi connectivity index (χ1v) is 25.7. The van der Waals surface area contributed by atoms with Gasteiger partial charge in [0.2, 0.25) is 0 Å². The number of carboxylic acids is 2. The zero-order valence-corrected chi connectivity index (χ0v) is 36.7. The zero-order chi connectivity index (χ0) is 41.9. The fraction of sp³-hybridized carbons (Fsp3) is 0.296. The average Bonchev–Trinajstić information content (AvgIpc) is 3.28. The van der Waals surface area contributed by atoms with Crippen LogP contribution in [0.3, 0.4) is 0 Å². The van der Waals surface area contributed by atoms with Crippen LogP contribution in [0.2, 0.25) is 0 Å². The first-order valence-electron chi connectivity index (χ1n) is 22.0. The second-order valence-corrected chi connectivity index (χ2v) is 23.5. The number of carbonyl (C=O) groups is 2. The van der Waals surface area contributed by atoms with Gasteiger partial charge in [0.15, 0.2) is 0 Å². The van der Waals surface area contributed by atoms with Gasteiger partial charge in [0.1, 0.15) is 46.4 Å². The highest BCUT2D eigenvalue weighted by molar-refractivity contribution is 7.96. The van der Waals surface area contributed by atoms with Crippen LogP contribution >= 0.6 is 14.5 Å². The maximum atomic E-state index is 8.93. The summed E-state index contributed by atoms with van der Waals surface area (Å²) in [5.74, 6) is -4.37. The van der Waals surface area contributed by atoms with Crippen LogP contribution in [0.1, 0.15) is 89.9 Å². The van der Waals surface area contributed by atoms with Gasteiger partial charge in [-0.1, -0.05) is 148 Å². The van der Waals surface area contributed by atoms with Crippen LogP contribution in [0.4, 0.5) is 0 Å². The number of aliphatic carboxylic acids is 2. The van der Waals surface area contributed by atoms with E-state index >= 15 is 0 Å². The highest BCUT2D eigenvalue weighted by Gasteiger charge is 2.52. The largest absolute Gasteiger partial charge is 0.543 e. The van der Waals surface area contributed by atoms with Gasteiger partial charge in [-0.3, -0.25) is 0 Å². The molecule has 0 unspecified atom stereocenters. The second-order valence-electron chi connectivity index (χ2n) is 16.0. The van der Waals surface area contributed by atoms with E-state index in [1.165, 1.54) is 89.9 Å². The standard InChI is InChI=1S/2C26H30P.C2H2O4/c2*1-2-7-15-23(16-8-3-1)27(24-17-9-4-10-18-24,25-19-11-5-12-20-25)26-21-13-6-14-22-26;3-1(4)2(5)6/h2*4-6,9-14,17-23H,1-3,7-8,15-16H2;(H,3,4)(H,5,6)/q2*+1;/p-2. The Morgan fingerprint density at radius 2 is 0.467 bits per heavy atom. The molecule has 60 heavy (non-hydrogen) atoms. The Morgan fingerprint density at radius 1 is 0.300 bits per heavy atom. The maximum absolute atomic E-state index is 8.93. The van der Waals surface area contributed by atoms with Crippen molar-refractivity contribution in [3.8, 4) is 0 Å². The summed E-state index contributed by atoms with van der Waals surface area (Å²) in [6, 6.07) is 68.5. The number of hydrogen-bond donors (Lipinski definition) is 0. The molecule has 0 bridgehead atoms. The Labute approximate surface area is 359 Å². The van der Waals surface area contributed by atoms with Crippen LogP contribution in [0.15, 0.2) is 182 Å². The summed E-state index contributed by atoms with van der Waals surface area (Å²) >= 11 is 0. The topological polar surface area (TPSA) is 80.3 Å². The molecule has 2 saturated carbocycles. The van der Waals surface area contributed by atoms with Crippen LogP contribution in [-0.4, -0.2) is 23.3 Å². The molecule has 0 radical (unpaired) electrons. The predicted molar refractivity (Wildman–Crippen MR) is 253 cm³/mol. The van der Waals surface area contributed by atoms with Crippen molar-refractivity contribution in [2.45, 2.75) is 101 Å². The first kappa shape index (κ1) is 44.7. The Morgan fingerprint density at radius 3 is 0.633 bits per heavy atom. The van der Waals surface area contributed by atoms with E-state index in [0.717, 1.165) is 11.3 Å². The second kappa shape index (κ2) is 23.2. The molecule has 6 aromatic rings. The van der Waals surface area contributed by atoms with Gasteiger partial charge < -0.3 is 19.8 Å². The van der Waals surface area contributed by atoms with Crippen molar-refractivity contribution < 1.29 is 19.8 Å². The zero-order valence-electron chi connectivity index (χ0n) is 34.9. The third kappa shape index (κ3) is 10.9. The molecule has 0 aliphatic heterocycles. The molecular formula is C54H60O4P2. The van der Waals surface area contributed by atoms with Gasteiger partial charge in [0, 0.05) is 0 Å². The maximum Gasteiger partial charge on any atom is 0.115 e. The summed E-state index contributed by atoms with van der Waals surface area (Å²) in [6.07, 6.45) is 19.3. The predicted octanol–water partition coefficient (Wildman–Crippen LogP) is 8.67. The lowest BCUT2D eigenvalue weighted by atomic mass is 10.0. The Balaban J connectivity index is 0.000000177. The smallest absolute Gasteiger partial charge is 0.115 e. The van der Waals surface area contributed by atoms with Crippen molar-refractivity contribution in [2.75, 3.05) is 0 Å². The Kier molecular flexibility index (Phi) is 17.3. The fourth-order valence-corrected chi connectivity index (χ4v) is 20.2. The molecule has 2 fully saturated rings. The Hall–Kier alpha value is -4.88. The summed E-state index contributed by atoms with van der Waals surface area (Å²) < 4.78 is 0. The van der Waals surface area contributed by atoms with E-state index in [4.69, 9.17) is 19.8 Å². The van der Waals surface area contributed by atoms with Gasteiger partial charge in [-0.15, -0.1) is 0 Å². The van der Waals surface area contributed by atoms with Crippen molar-refractivity contribution in [1.82, 2.24) is 0 Å². The molecule has 310 valence electrons. The third-order valence-electron chi connectivity index (χ3n) is 12.4. The molecule has 6 aromatic carbocycles. The number of benzene rings is 6.